The highest BCUT2D eigenvalue weighted by molar-refractivity contribution is 5.89. The molecule has 2 fully saturated rings. The second-order valence-electron chi connectivity index (χ2n) is 7.15. The SMILES string of the molecule is CC1CN(c2ccc(NC(=O)N(C)CC3CCCO3)cc2)CC(C)O1. The molecule has 2 aliphatic rings. The van der Waals surface area contributed by atoms with E-state index >= 15 is 0 Å². The number of carbonyl (C=O) groups is 1. The molecule has 1 N–H and O–H groups in total. The minimum Gasteiger partial charge on any atom is -0.376 e. The molecule has 0 bridgehead atoms. The fourth-order valence-electron chi connectivity index (χ4n) is 3.54. The molecular weight excluding hydrogens is 318 g/mol. The molecule has 3 unspecified atom stereocenters. The number of urea groups is 1. The fourth-order valence-corrected chi connectivity index (χ4v) is 3.54. The van der Waals surface area contributed by atoms with Gasteiger partial charge in [-0.15, -0.1) is 0 Å². The molecular formula is C19H29N3O3. The maximum atomic E-state index is 12.3. The summed E-state index contributed by atoms with van der Waals surface area (Å²) < 4.78 is 11.4. The molecule has 2 saturated heterocycles. The van der Waals surface area contributed by atoms with Crippen LogP contribution >= 0.6 is 0 Å². The van der Waals surface area contributed by atoms with Gasteiger partial charge in [0.25, 0.3) is 0 Å². The van der Waals surface area contributed by atoms with Gasteiger partial charge in [-0.05, 0) is 51.0 Å². The Kier molecular flexibility index (Phi) is 5.81. The van der Waals surface area contributed by atoms with E-state index in [0.29, 0.717) is 6.54 Å². The maximum Gasteiger partial charge on any atom is 0.321 e. The topological polar surface area (TPSA) is 54.0 Å². The highest BCUT2D eigenvalue weighted by Gasteiger charge is 2.23. The van der Waals surface area contributed by atoms with Crippen molar-refractivity contribution in [2.45, 2.75) is 45.0 Å². The van der Waals surface area contributed by atoms with Gasteiger partial charge in [0, 0.05) is 44.7 Å². The number of benzene rings is 1. The number of likely N-dealkylation sites (N-methyl/N-ethyl adjacent to an activating group) is 1. The van der Waals surface area contributed by atoms with Gasteiger partial charge in [0.2, 0.25) is 0 Å². The molecule has 1 aromatic carbocycles. The van der Waals surface area contributed by atoms with Gasteiger partial charge < -0.3 is 24.6 Å². The highest BCUT2D eigenvalue weighted by Crippen LogP contribution is 2.22. The normalized spacial score (nSPS) is 26.5. The summed E-state index contributed by atoms with van der Waals surface area (Å²) in [6.07, 6.45) is 2.75. The van der Waals surface area contributed by atoms with Crippen LogP contribution in [0.5, 0.6) is 0 Å². The standard InChI is InChI=1S/C19H29N3O3/c1-14-11-22(12-15(2)25-14)17-8-6-16(7-9-17)20-19(23)21(3)13-18-5-4-10-24-18/h6-9,14-15,18H,4-5,10-13H2,1-3H3,(H,20,23). The predicted molar refractivity (Wildman–Crippen MR) is 99.3 cm³/mol. The second kappa shape index (κ2) is 8.06. The minimum absolute atomic E-state index is 0.100. The largest absolute Gasteiger partial charge is 0.376 e. The lowest BCUT2D eigenvalue weighted by Gasteiger charge is -2.36. The molecule has 2 aliphatic heterocycles. The van der Waals surface area contributed by atoms with Crippen LogP contribution in [-0.2, 0) is 9.47 Å². The van der Waals surface area contributed by atoms with Gasteiger partial charge in [0.05, 0.1) is 18.3 Å². The van der Waals surface area contributed by atoms with Gasteiger partial charge in [-0.3, -0.25) is 0 Å². The first-order chi connectivity index (χ1) is 12.0. The zero-order chi connectivity index (χ0) is 17.8. The van der Waals surface area contributed by atoms with Crippen LogP contribution in [0.3, 0.4) is 0 Å². The number of morpholine rings is 1. The lowest BCUT2D eigenvalue weighted by molar-refractivity contribution is -0.00521. The van der Waals surface area contributed by atoms with Crippen molar-refractivity contribution >= 4 is 17.4 Å². The van der Waals surface area contributed by atoms with Crippen LogP contribution in [0.2, 0.25) is 0 Å². The number of ether oxygens (including phenoxy) is 2. The number of nitrogens with zero attached hydrogens (tertiary/aromatic N) is 2. The summed E-state index contributed by atoms with van der Waals surface area (Å²) >= 11 is 0. The van der Waals surface area contributed by atoms with E-state index in [0.717, 1.165) is 43.9 Å². The Morgan fingerprint density at radius 1 is 1.24 bits per heavy atom. The summed E-state index contributed by atoms with van der Waals surface area (Å²) in [5.74, 6) is 0. The zero-order valence-electron chi connectivity index (χ0n) is 15.4. The second-order valence-corrected chi connectivity index (χ2v) is 7.15. The van der Waals surface area contributed by atoms with E-state index in [4.69, 9.17) is 9.47 Å². The molecule has 138 valence electrons. The van der Waals surface area contributed by atoms with Crippen LogP contribution in [0.25, 0.3) is 0 Å². The summed E-state index contributed by atoms with van der Waals surface area (Å²) in [5.41, 5.74) is 1.97. The van der Waals surface area contributed by atoms with E-state index < -0.39 is 0 Å². The Morgan fingerprint density at radius 3 is 2.52 bits per heavy atom. The van der Waals surface area contributed by atoms with E-state index in [2.05, 4.69) is 36.2 Å². The third-order valence-corrected chi connectivity index (χ3v) is 4.75. The lowest BCUT2D eigenvalue weighted by atomic mass is 10.2. The van der Waals surface area contributed by atoms with Gasteiger partial charge in [-0.2, -0.15) is 0 Å². The number of hydrogen-bond acceptors (Lipinski definition) is 4. The maximum absolute atomic E-state index is 12.3. The van der Waals surface area contributed by atoms with Crippen LogP contribution in [0.1, 0.15) is 26.7 Å². The van der Waals surface area contributed by atoms with Crippen LogP contribution < -0.4 is 10.2 Å². The van der Waals surface area contributed by atoms with E-state index in [1.54, 1.807) is 4.90 Å². The third kappa shape index (κ3) is 4.86. The van der Waals surface area contributed by atoms with Crippen molar-refractivity contribution in [1.82, 2.24) is 4.90 Å². The van der Waals surface area contributed by atoms with Crippen LogP contribution in [0, 0.1) is 0 Å². The molecule has 6 heteroatoms. The summed E-state index contributed by atoms with van der Waals surface area (Å²) in [6.45, 7) is 7.41. The van der Waals surface area contributed by atoms with Crippen molar-refractivity contribution < 1.29 is 14.3 Å². The molecule has 2 heterocycles. The molecule has 2 amide bonds. The van der Waals surface area contributed by atoms with Crippen molar-refractivity contribution in [2.24, 2.45) is 0 Å². The van der Waals surface area contributed by atoms with E-state index in [9.17, 15) is 4.79 Å². The smallest absolute Gasteiger partial charge is 0.321 e. The first-order valence-electron chi connectivity index (χ1n) is 9.15. The summed E-state index contributed by atoms with van der Waals surface area (Å²) in [5, 5.41) is 2.95. The van der Waals surface area contributed by atoms with Crippen molar-refractivity contribution in [1.29, 1.82) is 0 Å². The van der Waals surface area contributed by atoms with E-state index in [-0.39, 0.29) is 24.3 Å². The number of rotatable bonds is 4. The van der Waals surface area contributed by atoms with Gasteiger partial charge in [0.1, 0.15) is 0 Å². The summed E-state index contributed by atoms with van der Waals surface area (Å²) in [4.78, 5) is 16.3. The van der Waals surface area contributed by atoms with Gasteiger partial charge >= 0.3 is 6.03 Å². The van der Waals surface area contributed by atoms with Crippen molar-refractivity contribution in [3.63, 3.8) is 0 Å². The van der Waals surface area contributed by atoms with Crippen LogP contribution in [0.4, 0.5) is 16.2 Å². The fraction of sp³-hybridized carbons (Fsp3) is 0.632. The first kappa shape index (κ1) is 18.0. The van der Waals surface area contributed by atoms with Crippen molar-refractivity contribution in [3.8, 4) is 0 Å². The number of carbonyl (C=O) groups excluding carboxylic acids is 1. The number of amides is 2. The first-order valence-corrected chi connectivity index (χ1v) is 9.15. The zero-order valence-corrected chi connectivity index (χ0v) is 15.4. The average molecular weight is 347 g/mol. The van der Waals surface area contributed by atoms with Gasteiger partial charge in [-0.25, -0.2) is 4.79 Å². The Balaban J connectivity index is 1.54. The van der Waals surface area contributed by atoms with Crippen molar-refractivity contribution in [2.75, 3.05) is 43.5 Å². The van der Waals surface area contributed by atoms with E-state index in [1.807, 2.05) is 19.2 Å². The molecule has 0 aliphatic carbocycles. The molecule has 6 nitrogen and oxygen atoms in total. The quantitative estimate of drug-likeness (QED) is 0.910. The highest BCUT2D eigenvalue weighted by atomic mass is 16.5. The minimum atomic E-state index is -0.100. The molecule has 25 heavy (non-hydrogen) atoms. The van der Waals surface area contributed by atoms with Crippen LogP contribution in [0.15, 0.2) is 24.3 Å². The molecule has 0 spiro atoms. The number of nitrogens with one attached hydrogen (secondary N) is 1. The molecule has 0 saturated carbocycles. The Labute approximate surface area is 150 Å². The molecule has 3 rings (SSSR count). The van der Waals surface area contributed by atoms with E-state index in [1.165, 1.54) is 0 Å². The van der Waals surface area contributed by atoms with Gasteiger partial charge in [-0.1, -0.05) is 0 Å². The molecule has 0 radical (unpaired) electrons. The molecule has 3 atom stereocenters. The Hall–Kier alpha value is -1.79. The number of anilines is 2. The average Bonchev–Trinajstić information content (AvgIpc) is 3.07. The Morgan fingerprint density at radius 2 is 1.92 bits per heavy atom. The molecule has 0 aromatic heterocycles. The third-order valence-electron chi connectivity index (χ3n) is 4.75. The predicted octanol–water partition coefficient (Wildman–Crippen LogP) is 2.94. The van der Waals surface area contributed by atoms with Gasteiger partial charge in [0.15, 0.2) is 0 Å². The lowest BCUT2D eigenvalue weighted by Crippen LogP contribution is -2.45. The summed E-state index contributed by atoms with van der Waals surface area (Å²) in [6, 6.07) is 7.92. The van der Waals surface area contributed by atoms with Crippen molar-refractivity contribution in [3.05, 3.63) is 24.3 Å². The Bertz CT molecular complexity index is 562. The van der Waals surface area contributed by atoms with Crippen LogP contribution in [-0.4, -0.2) is 62.5 Å². The molecule has 1 aromatic rings. The summed E-state index contributed by atoms with van der Waals surface area (Å²) in [7, 11) is 1.81. The number of hydrogen-bond donors (Lipinski definition) is 1. The monoisotopic (exact) mass is 347 g/mol.